The largest absolute Gasteiger partial charge is 0.495 e. The van der Waals surface area contributed by atoms with Crippen LogP contribution >= 0.6 is 0 Å². The van der Waals surface area contributed by atoms with Crippen LogP contribution in [-0.2, 0) is 9.59 Å². The van der Waals surface area contributed by atoms with Gasteiger partial charge in [0.25, 0.3) is 0 Å². The molecule has 2 aromatic carbocycles. The van der Waals surface area contributed by atoms with Crippen LogP contribution in [0.5, 0.6) is 11.5 Å². The summed E-state index contributed by atoms with van der Waals surface area (Å²) >= 11 is 0. The minimum atomic E-state index is -0.323. The molecule has 6 heteroatoms. The molecule has 0 aliphatic carbocycles. The monoisotopic (exact) mass is 356 g/mol. The summed E-state index contributed by atoms with van der Waals surface area (Å²) < 4.78 is 10.8. The molecule has 1 N–H and O–H groups in total. The predicted octanol–water partition coefficient (Wildman–Crippen LogP) is 3.39. The van der Waals surface area contributed by atoms with E-state index in [1.54, 1.807) is 18.2 Å². The zero-order valence-corrected chi connectivity index (χ0v) is 15.5. The minimum Gasteiger partial charge on any atom is -0.495 e. The van der Waals surface area contributed by atoms with E-state index in [0.717, 1.165) is 5.56 Å². The van der Waals surface area contributed by atoms with E-state index in [9.17, 15) is 9.59 Å². The topological polar surface area (TPSA) is 67.9 Å². The van der Waals surface area contributed by atoms with Crippen LogP contribution in [0.1, 0.15) is 19.4 Å². The number of benzene rings is 2. The normalized spacial score (nSPS) is 10.2. The van der Waals surface area contributed by atoms with Crippen LogP contribution < -0.4 is 19.7 Å². The van der Waals surface area contributed by atoms with Gasteiger partial charge in [0.05, 0.1) is 25.1 Å². The molecule has 138 valence electrons. The molecule has 0 aliphatic heterocycles. The summed E-state index contributed by atoms with van der Waals surface area (Å²) in [6, 6.07) is 12.7. The molecule has 0 bridgehead atoms. The number of rotatable bonds is 7. The first-order valence-corrected chi connectivity index (χ1v) is 8.40. The molecule has 0 aliphatic rings. The number of para-hydroxylation sites is 2. The van der Waals surface area contributed by atoms with Crippen molar-refractivity contribution in [3.05, 3.63) is 48.0 Å². The summed E-state index contributed by atoms with van der Waals surface area (Å²) in [5.74, 6) is 0.553. The van der Waals surface area contributed by atoms with E-state index in [2.05, 4.69) is 5.32 Å². The highest BCUT2D eigenvalue weighted by molar-refractivity contribution is 6.03. The fourth-order valence-electron chi connectivity index (χ4n) is 2.56. The molecule has 6 nitrogen and oxygen atoms in total. The molecule has 0 saturated heterocycles. The Kier molecular flexibility index (Phi) is 6.60. The van der Waals surface area contributed by atoms with Gasteiger partial charge in [-0.15, -0.1) is 0 Å². The van der Waals surface area contributed by atoms with Crippen LogP contribution in [-0.4, -0.2) is 32.1 Å². The molecule has 0 atom stereocenters. The lowest BCUT2D eigenvalue weighted by molar-refractivity contribution is -0.120. The highest BCUT2D eigenvalue weighted by Crippen LogP contribution is 2.30. The number of nitrogens with one attached hydrogen (secondary N) is 1. The number of hydrogen-bond acceptors (Lipinski definition) is 4. The maximum absolute atomic E-state index is 12.5. The summed E-state index contributed by atoms with van der Waals surface area (Å²) in [5, 5.41) is 2.80. The number of nitrogens with zero attached hydrogens (tertiary/aromatic N) is 1. The molecule has 0 heterocycles. The van der Waals surface area contributed by atoms with Crippen molar-refractivity contribution in [3.8, 4) is 11.5 Å². The van der Waals surface area contributed by atoms with Crippen LogP contribution in [0.3, 0.4) is 0 Å². The Hall–Kier alpha value is -3.02. The maximum Gasteiger partial charge on any atom is 0.244 e. The summed E-state index contributed by atoms with van der Waals surface area (Å²) in [4.78, 5) is 26.1. The van der Waals surface area contributed by atoms with Gasteiger partial charge in [-0.05, 0) is 43.7 Å². The van der Waals surface area contributed by atoms with Gasteiger partial charge in [-0.3, -0.25) is 14.5 Å². The van der Waals surface area contributed by atoms with Crippen molar-refractivity contribution in [3.63, 3.8) is 0 Å². The molecule has 26 heavy (non-hydrogen) atoms. The molecular formula is C20H24N2O4. The average Bonchev–Trinajstić information content (AvgIpc) is 2.61. The minimum absolute atomic E-state index is 0.129. The fraction of sp³-hybridized carbons (Fsp3) is 0.300. The van der Waals surface area contributed by atoms with Gasteiger partial charge < -0.3 is 14.8 Å². The number of carbonyl (C=O) groups excluding carboxylic acids is 2. The van der Waals surface area contributed by atoms with Crippen molar-refractivity contribution in [2.24, 2.45) is 0 Å². The van der Waals surface area contributed by atoms with E-state index in [1.165, 1.54) is 18.9 Å². The lowest BCUT2D eigenvalue weighted by Gasteiger charge is -2.23. The third-order valence-corrected chi connectivity index (χ3v) is 3.77. The number of aryl methyl sites for hydroxylation is 1. The second-order valence-electron chi connectivity index (χ2n) is 5.76. The molecule has 0 aromatic heterocycles. The molecule has 0 fully saturated rings. The van der Waals surface area contributed by atoms with Crippen molar-refractivity contribution in [1.29, 1.82) is 0 Å². The Morgan fingerprint density at radius 1 is 1.12 bits per heavy atom. The predicted molar refractivity (Wildman–Crippen MR) is 102 cm³/mol. The van der Waals surface area contributed by atoms with Gasteiger partial charge >= 0.3 is 0 Å². The van der Waals surface area contributed by atoms with Gasteiger partial charge in [0.15, 0.2) is 0 Å². The summed E-state index contributed by atoms with van der Waals surface area (Å²) in [5.41, 5.74) is 2.10. The highest BCUT2D eigenvalue weighted by Gasteiger charge is 2.20. The van der Waals surface area contributed by atoms with Crippen LogP contribution in [0.4, 0.5) is 11.4 Å². The number of ether oxygens (including phenoxy) is 2. The van der Waals surface area contributed by atoms with Gasteiger partial charge in [-0.1, -0.05) is 18.2 Å². The zero-order chi connectivity index (χ0) is 19.1. The van der Waals surface area contributed by atoms with E-state index < -0.39 is 0 Å². The van der Waals surface area contributed by atoms with Gasteiger partial charge in [0.1, 0.15) is 18.0 Å². The third-order valence-electron chi connectivity index (χ3n) is 3.77. The lowest BCUT2D eigenvalue weighted by Crippen LogP contribution is -2.37. The molecule has 0 saturated carbocycles. The van der Waals surface area contributed by atoms with Crippen LogP contribution in [0.15, 0.2) is 42.5 Å². The third kappa shape index (κ3) is 4.75. The van der Waals surface area contributed by atoms with Gasteiger partial charge in [0.2, 0.25) is 11.8 Å². The number of hydrogen-bond donors (Lipinski definition) is 1. The van der Waals surface area contributed by atoms with E-state index in [4.69, 9.17) is 9.47 Å². The van der Waals surface area contributed by atoms with Crippen LogP contribution in [0.2, 0.25) is 0 Å². The summed E-state index contributed by atoms with van der Waals surface area (Å²) in [6.07, 6.45) is 0. The standard InChI is InChI=1S/C20H24N2O4/c1-5-26-18-9-7-6-8-16(18)21-20(24)13-22(15(3)23)17-12-14(2)10-11-19(17)25-4/h6-12H,5,13H2,1-4H3,(H,21,24). The van der Waals surface area contributed by atoms with Crippen molar-refractivity contribution < 1.29 is 19.1 Å². The van der Waals surface area contributed by atoms with E-state index in [0.29, 0.717) is 29.5 Å². The zero-order valence-electron chi connectivity index (χ0n) is 15.5. The molecule has 0 radical (unpaired) electrons. The number of anilines is 2. The van der Waals surface area contributed by atoms with Crippen molar-refractivity contribution in [2.75, 3.05) is 30.5 Å². The van der Waals surface area contributed by atoms with E-state index >= 15 is 0 Å². The molecule has 2 amide bonds. The molecule has 0 spiro atoms. The molecular weight excluding hydrogens is 332 g/mol. The molecule has 2 aromatic rings. The first-order valence-electron chi connectivity index (χ1n) is 8.40. The van der Waals surface area contributed by atoms with E-state index in [1.807, 2.05) is 38.1 Å². The van der Waals surface area contributed by atoms with Crippen LogP contribution in [0.25, 0.3) is 0 Å². The highest BCUT2D eigenvalue weighted by atomic mass is 16.5. The lowest BCUT2D eigenvalue weighted by atomic mass is 10.2. The SMILES string of the molecule is CCOc1ccccc1NC(=O)CN(C(C)=O)c1cc(C)ccc1OC. The van der Waals surface area contributed by atoms with Gasteiger partial charge in [0, 0.05) is 6.92 Å². The van der Waals surface area contributed by atoms with Crippen molar-refractivity contribution >= 4 is 23.2 Å². The Balaban J connectivity index is 2.22. The van der Waals surface area contributed by atoms with E-state index in [-0.39, 0.29) is 18.4 Å². The van der Waals surface area contributed by atoms with Crippen molar-refractivity contribution in [1.82, 2.24) is 0 Å². The smallest absolute Gasteiger partial charge is 0.244 e. The Bertz CT molecular complexity index is 789. The first-order chi connectivity index (χ1) is 12.5. The average molecular weight is 356 g/mol. The number of carbonyl (C=O) groups is 2. The Labute approximate surface area is 153 Å². The van der Waals surface area contributed by atoms with Gasteiger partial charge in [-0.2, -0.15) is 0 Å². The maximum atomic E-state index is 12.5. The van der Waals surface area contributed by atoms with Crippen LogP contribution in [0, 0.1) is 6.92 Å². The van der Waals surface area contributed by atoms with Crippen molar-refractivity contribution in [2.45, 2.75) is 20.8 Å². The van der Waals surface area contributed by atoms with Gasteiger partial charge in [-0.25, -0.2) is 0 Å². The first kappa shape index (κ1) is 19.3. The molecule has 2 rings (SSSR count). The quantitative estimate of drug-likeness (QED) is 0.826. The fourth-order valence-corrected chi connectivity index (χ4v) is 2.56. The number of methoxy groups -OCH3 is 1. The second-order valence-corrected chi connectivity index (χ2v) is 5.76. The molecule has 0 unspecified atom stereocenters. The Morgan fingerprint density at radius 3 is 2.50 bits per heavy atom. The Morgan fingerprint density at radius 2 is 1.85 bits per heavy atom. The summed E-state index contributed by atoms with van der Waals surface area (Å²) in [7, 11) is 1.53. The number of amides is 2. The second kappa shape index (κ2) is 8.89. The summed E-state index contributed by atoms with van der Waals surface area (Å²) in [6.45, 7) is 5.57.